The van der Waals surface area contributed by atoms with Gasteiger partial charge in [0.15, 0.2) is 0 Å². The van der Waals surface area contributed by atoms with Gasteiger partial charge in [-0.05, 0) is 5.56 Å². The largest absolute Gasteiger partial charge is 0.341 e. The monoisotopic (exact) mass is 275 g/mol. The van der Waals surface area contributed by atoms with Gasteiger partial charge in [0.1, 0.15) is 12.2 Å². The molecule has 3 amide bonds. The number of rotatable bonds is 4. The molecule has 2 rings (SSSR count). The van der Waals surface area contributed by atoms with Crippen molar-refractivity contribution in [3.8, 4) is 0 Å². The quantitative estimate of drug-likeness (QED) is 0.737. The van der Waals surface area contributed by atoms with E-state index in [-0.39, 0.29) is 24.1 Å². The second-order valence-electron chi connectivity index (χ2n) is 4.80. The first-order chi connectivity index (χ1) is 9.49. The first-order valence-corrected chi connectivity index (χ1v) is 6.36. The van der Waals surface area contributed by atoms with Gasteiger partial charge in [-0.3, -0.25) is 14.4 Å². The molecule has 0 aromatic heterocycles. The topological polar surface area (TPSA) is 78.5 Å². The number of carbonyl (C=O) groups is 3. The van der Waals surface area contributed by atoms with Crippen LogP contribution in [-0.2, 0) is 20.8 Å². The molecule has 0 spiro atoms. The number of likely N-dealkylation sites (N-methyl/N-ethyl adjacent to an activating group) is 1. The summed E-state index contributed by atoms with van der Waals surface area (Å²) in [5.41, 5.74) is 0.876. The molecule has 0 unspecified atom stereocenters. The number of nitrogens with one attached hydrogen (secondary N) is 2. The maximum Gasteiger partial charge on any atom is 0.250 e. The second kappa shape index (κ2) is 5.73. The minimum Gasteiger partial charge on any atom is -0.341 e. The molecule has 6 heteroatoms. The number of nitrogens with zero attached hydrogens (tertiary/aromatic N) is 1. The van der Waals surface area contributed by atoms with Crippen molar-refractivity contribution in [2.24, 2.45) is 0 Å². The summed E-state index contributed by atoms with van der Waals surface area (Å²) in [5.74, 6) is -0.681. The third-order valence-electron chi connectivity index (χ3n) is 3.22. The average Bonchev–Trinajstić information content (AvgIpc) is 2.43. The summed E-state index contributed by atoms with van der Waals surface area (Å²) in [6, 6.07) is 8.59. The van der Waals surface area contributed by atoms with E-state index in [4.69, 9.17) is 0 Å². The lowest BCUT2D eigenvalue weighted by Crippen LogP contribution is -2.74. The Morgan fingerprint density at radius 3 is 2.45 bits per heavy atom. The van der Waals surface area contributed by atoms with E-state index < -0.39 is 12.2 Å². The van der Waals surface area contributed by atoms with Crippen molar-refractivity contribution in [3.63, 3.8) is 0 Å². The van der Waals surface area contributed by atoms with Crippen LogP contribution in [0.5, 0.6) is 0 Å². The molecule has 106 valence electrons. The van der Waals surface area contributed by atoms with Crippen LogP contribution in [0.2, 0.25) is 0 Å². The Kier molecular flexibility index (Phi) is 4.02. The fourth-order valence-corrected chi connectivity index (χ4v) is 2.17. The van der Waals surface area contributed by atoms with Crippen LogP contribution in [0.3, 0.4) is 0 Å². The lowest BCUT2D eigenvalue weighted by molar-refractivity contribution is -0.154. The normalized spacial score (nSPS) is 21.1. The number of likely N-dealkylation sites (tertiary alicyclic amines) is 1. The Labute approximate surface area is 117 Å². The zero-order chi connectivity index (χ0) is 14.7. The molecule has 1 aliphatic heterocycles. The van der Waals surface area contributed by atoms with E-state index in [9.17, 15) is 14.4 Å². The molecule has 2 N–H and O–H groups in total. The van der Waals surface area contributed by atoms with Crippen LogP contribution < -0.4 is 10.6 Å². The summed E-state index contributed by atoms with van der Waals surface area (Å²) in [7, 11) is 1.59. The van der Waals surface area contributed by atoms with Crippen molar-refractivity contribution in [3.05, 3.63) is 35.9 Å². The highest BCUT2D eigenvalue weighted by Crippen LogP contribution is 2.15. The van der Waals surface area contributed by atoms with E-state index in [1.165, 1.54) is 11.8 Å². The van der Waals surface area contributed by atoms with Crippen molar-refractivity contribution < 1.29 is 14.4 Å². The molecule has 1 heterocycles. The summed E-state index contributed by atoms with van der Waals surface area (Å²) < 4.78 is 0. The molecule has 1 aromatic rings. The Bertz CT molecular complexity index is 530. The first kappa shape index (κ1) is 14.0. The Morgan fingerprint density at radius 1 is 1.20 bits per heavy atom. The van der Waals surface area contributed by atoms with Gasteiger partial charge >= 0.3 is 0 Å². The molecule has 0 bridgehead atoms. The van der Waals surface area contributed by atoms with Gasteiger partial charge in [0.05, 0.1) is 6.42 Å². The van der Waals surface area contributed by atoms with Crippen molar-refractivity contribution >= 4 is 17.7 Å². The van der Waals surface area contributed by atoms with E-state index in [0.29, 0.717) is 0 Å². The average molecular weight is 275 g/mol. The fourth-order valence-electron chi connectivity index (χ4n) is 2.17. The maximum absolute atomic E-state index is 11.9. The highest BCUT2D eigenvalue weighted by molar-refractivity contribution is 5.94. The summed E-state index contributed by atoms with van der Waals surface area (Å²) >= 11 is 0. The number of amides is 3. The number of benzene rings is 1. The van der Waals surface area contributed by atoms with Crippen molar-refractivity contribution in [2.75, 3.05) is 7.05 Å². The zero-order valence-electron chi connectivity index (χ0n) is 11.4. The predicted octanol–water partition coefficient (Wildman–Crippen LogP) is -0.352. The van der Waals surface area contributed by atoms with Crippen LogP contribution in [0.25, 0.3) is 0 Å². The molecule has 1 saturated heterocycles. The van der Waals surface area contributed by atoms with E-state index >= 15 is 0 Å². The summed E-state index contributed by atoms with van der Waals surface area (Å²) in [6.45, 7) is 1.37. The lowest BCUT2D eigenvalue weighted by Gasteiger charge is -2.44. The van der Waals surface area contributed by atoms with E-state index in [1.54, 1.807) is 7.05 Å². The smallest absolute Gasteiger partial charge is 0.250 e. The van der Waals surface area contributed by atoms with Crippen LogP contribution in [0.15, 0.2) is 30.3 Å². The zero-order valence-corrected chi connectivity index (χ0v) is 11.4. The van der Waals surface area contributed by atoms with Gasteiger partial charge in [0.25, 0.3) is 5.91 Å². The van der Waals surface area contributed by atoms with E-state index in [0.717, 1.165) is 5.56 Å². The highest BCUT2D eigenvalue weighted by atomic mass is 16.2. The van der Waals surface area contributed by atoms with Crippen LogP contribution in [0.4, 0.5) is 0 Å². The summed E-state index contributed by atoms with van der Waals surface area (Å²) in [6.07, 6.45) is -0.263. The molecular formula is C14H17N3O3. The second-order valence-corrected chi connectivity index (χ2v) is 4.80. The van der Waals surface area contributed by atoms with Crippen LogP contribution in [0, 0.1) is 0 Å². The van der Waals surface area contributed by atoms with Gasteiger partial charge in [-0.25, -0.2) is 0 Å². The third kappa shape index (κ3) is 2.96. The summed E-state index contributed by atoms with van der Waals surface area (Å²) in [4.78, 5) is 36.1. The van der Waals surface area contributed by atoms with Gasteiger partial charge in [-0.1, -0.05) is 30.3 Å². The van der Waals surface area contributed by atoms with Crippen LogP contribution >= 0.6 is 0 Å². The Balaban J connectivity index is 1.93. The Morgan fingerprint density at radius 2 is 1.85 bits per heavy atom. The summed E-state index contributed by atoms with van der Waals surface area (Å²) in [5, 5.41) is 5.29. The van der Waals surface area contributed by atoms with Crippen molar-refractivity contribution in [1.29, 1.82) is 0 Å². The fraction of sp³-hybridized carbons (Fsp3) is 0.357. The van der Waals surface area contributed by atoms with E-state index in [2.05, 4.69) is 10.6 Å². The predicted molar refractivity (Wildman–Crippen MR) is 72.5 cm³/mol. The van der Waals surface area contributed by atoms with Crippen molar-refractivity contribution in [2.45, 2.75) is 25.6 Å². The van der Waals surface area contributed by atoms with E-state index in [1.807, 2.05) is 30.3 Å². The molecule has 1 aliphatic rings. The van der Waals surface area contributed by atoms with Crippen LogP contribution in [-0.4, -0.2) is 41.9 Å². The van der Waals surface area contributed by atoms with Crippen molar-refractivity contribution in [1.82, 2.24) is 15.5 Å². The molecule has 1 fully saturated rings. The molecule has 2 atom stereocenters. The third-order valence-corrected chi connectivity index (χ3v) is 3.22. The number of hydrogen-bond acceptors (Lipinski definition) is 3. The van der Waals surface area contributed by atoms with Gasteiger partial charge in [-0.15, -0.1) is 0 Å². The maximum atomic E-state index is 11.9. The number of hydrogen-bond donors (Lipinski definition) is 2. The van der Waals surface area contributed by atoms with Gasteiger partial charge < -0.3 is 15.5 Å². The SMILES string of the molecule is CC(=O)N[C@H]1[C@@H](NC(=O)Cc2ccccc2)C(=O)N1C. The molecule has 0 saturated carbocycles. The number of carbonyl (C=O) groups excluding carboxylic acids is 3. The standard InChI is InChI=1S/C14H17N3O3/c1-9(18)15-13-12(14(20)17(13)2)16-11(19)8-10-6-4-3-5-7-10/h3-7,12-13H,8H2,1-2H3,(H,15,18)(H,16,19)/t12-,13-/m1/s1. The molecular weight excluding hydrogens is 258 g/mol. The highest BCUT2D eigenvalue weighted by Gasteiger charge is 2.46. The van der Waals surface area contributed by atoms with Gasteiger partial charge in [-0.2, -0.15) is 0 Å². The minimum atomic E-state index is -0.680. The Hall–Kier alpha value is -2.37. The molecule has 20 heavy (non-hydrogen) atoms. The van der Waals surface area contributed by atoms with Gasteiger partial charge in [0, 0.05) is 14.0 Å². The lowest BCUT2D eigenvalue weighted by atomic mass is 10.0. The number of β-lactam (4-membered cyclic amide) rings is 1. The van der Waals surface area contributed by atoms with Crippen LogP contribution in [0.1, 0.15) is 12.5 Å². The minimum absolute atomic E-state index is 0.204. The van der Waals surface area contributed by atoms with Gasteiger partial charge in [0.2, 0.25) is 11.8 Å². The molecule has 0 aliphatic carbocycles. The molecule has 0 radical (unpaired) electrons. The first-order valence-electron chi connectivity index (χ1n) is 6.36. The molecule has 6 nitrogen and oxygen atoms in total. The molecule has 1 aromatic carbocycles.